The molecule has 1 aromatic heterocycles. The largest absolute Gasteiger partial charge is 0.311 e. The summed E-state index contributed by atoms with van der Waals surface area (Å²) in [4.78, 5) is 21.9. The molecule has 2 fully saturated rings. The monoisotopic (exact) mass is 670 g/mol. The maximum atomic E-state index is 5.30. The second kappa shape index (κ2) is 18.3. The fourth-order valence-corrected chi connectivity index (χ4v) is 7.17. The van der Waals surface area contributed by atoms with Crippen molar-refractivity contribution in [1.29, 1.82) is 0 Å². The first-order valence-electron chi connectivity index (χ1n) is 18.8. The van der Waals surface area contributed by atoms with Crippen LogP contribution in [0.4, 0.5) is 0 Å². The molecule has 3 aromatic rings. The minimum absolute atomic E-state index is 0.580. The van der Waals surface area contributed by atoms with Crippen LogP contribution in [0.2, 0.25) is 0 Å². The highest BCUT2D eigenvalue weighted by atomic mass is 15.1. The predicted octanol–water partition coefficient (Wildman–Crippen LogP) is 10.0. The lowest BCUT2D eigenvalue weighted by Crippen LogP contribution is -2.24. The van der Waals surface area contributed by atoms with Crippen LogP contribution >= 0.6 is 0 Å². The molecule has 5 rings (SSSR count). The number of aryl methyl sites for hydroxylation is 1. The van der Waals surface area contributed by atoms with Gasteiger partial charge in [-0.15, -0.1) is 6.58 Å². The molecule has 1 saturated carbocycles. The molecule has 2 unspecified atom stereocenters. The molecule has 264 valence electrons. The van der Waals surface area contributed by atoms with Gasteiger partial charge in [0.05, 0.1) is 35.2 Å². The van der Waals surface area contributed by atoms with E-state index in [0.717, 1.165) is 97.9 Å². The fraction of sp³-hybridized carbons (Fsp3) is 0.455. The minimum atomic E-state index is 0.580. The first-order chi connectivity index (χ1) is 24.3. The summed E-state index contributed by atoms with van der Waals surface area (Å²) in [6.45, 7) is 25.8. The number of allylic oxidation sites excluding steroid dienone is 1. The molecule has 1 saturated heterocycles. The van der Waals surface area contributed by atoms with Crippen LogP contribution in [0.3, 0.4) is 0 Å². The third-order valence-corrected chi connectivity index (χ3v) is 10.4. The third-order valence-electron chi connectivity index (χ3n) is 10.4. The summed E-state index contributed by atoms with van der Waals surface area (Å²) in [6.07, 6.45) is 14.9. The van der Waals surface area contributed by atoms with Gasteiger partial charge in [0, 0.05) is 36.5 Å². The summed E-state index contributed by atoms with van der Waals surface area (Å²) in [5.74, 6) is 1.82. The molecule has 0 spiro atoms. The summed E-state index contributed by atoms with van der Waals surface area (Å²) in [7, 11) is 0. The van der Waals surface area contributed by atoms with Crippen molar-refractivity contribution in [1.82, 2.24) is 20.2 Å². The lowest BCUT2D eigenvalue weighted by atomic mass is 9.93. The number of nitrogens with zero attached hydrogens (tertiary/aromatic N) is 5. The van der Waals surface area contributed by atoms with Gasteiger partial charge in [0.15, 0.2) is 0 Å². The van der Waals surface area contributed by atoms with Crippen molar-refractivity contribution in [3.05, 3.63) is 102 Å². The van der Waals surface area contributed by atoms with E-state index in [4.69, 9.17) is 15.0 Å². The second-order valence-electron chi connectivity index (χ2n) is 14.5. The zero-order valence-electron chi connectivity index (χ0n) is 31.1. The van der Waals surface area contributed by atoms with E-state index in [1.165, 1.54) is 48.1 Å². The van der Waals surface area contributed by atoms with Gasteiger partial charge >= 0.3 is 0 Å². The molecular formula is C44H58N6. The van der Waals surface area contributed by atoms with Gasteiger partial charge in [0.2, 0.25) is 0 Å². The SMILES string of the molecule is C=CCCC(C)CNCc1ncc(-c2cccc(-c3cccc(/C(=C/N=C)N=C(CCN4CCC(C(=C)CCC)C4)C4CC4)c3)c2C)nc1C. The van der Waals surface area contributed by atoms with Crippen LogP contribution in [0.1, 0.15) is 87.7 Å². The molecule has 2 aliphatic rings. The Morgan fingerprint density at radius 1 is 1.08 bits per heavy atom. The van der Waals surface area contributed by atoms with Gasteiger partial charge < -0.3 is 10.2 Å². The number of aromatic nitrogens is 2. The second-order valence-corrected chi connectivity index (χ2v) is 14.5. The van der Waals surface area contributed by atoms with Crippen molar-refractivity contribution in [2.75, 3.05) is 26.2 Å². The van der Waals surface area contributed by atoms with Gasteiger partial charge in [-0.3, -0.25) is 15.0 Å². The van der Waals surface area contributed by atoms with Crippen molar-refractivity contribution in [2.24, 2.45) is 27.7 Å². The first kappa shape index (κ1) is 37.3. The minimum Gasteiger partial charge on any atom is -0.311 e. The van der Waals surface area contributed by atoms with Crippen molar-refractivity contribution in [3.63, 3.8) is 0 Å². The molecule has 0 radical (unpaired) electrons. The normalized spacial score (nSPS) is 17.6. The van der Waals surface area contributed by atoms with Crippen molar-refractivity contribution >= 4 is 18.1 Å². The molecule has 1 N–H and O–H groups in total. The van der Waals surface area contributed by atoms with Gasteiger partial charge in [-0.25, -0.2) is 4.98 Å². The van der Waals surface area contributed by atoms with Crippen LogP contribution in [-0.2, 0) is 6.54 Å². The van der Waals surface area contributed by atoms with E-state index in [2.05, 4.69) is 105 Å². The molecule has 0 amide bonds. The Morgan fingerprint density at radius 2 is 1.88 bits per heavy atom. The molecule has 2 atom stereocenters. The lowest BCUT2D eigenvalue weighted by Gasteiger charge is -2.18. The van der Waals surface area contributed by atoms with Crippen molar-refractivity contribution in [3.8, 4) is 22.4 Å². The summed E-state index contributed by atoms with van der Waals surface area (Å²) in [5, 5.41) is 3.56. The third kappa shape index (κ3) is 10.0. The van der Waals surface area contributed by atoms with E-state index in [9.17, 15) is 0 Å². The number of rotatable bonds is 19. The Morgan fingerprint density at radius 3 is 2.62 bits per heavy atom. The summed E-state index contributed by atoms with van der Waals surface area (Å²) >= 11 is 0. The molecule has 1 aliphatic heterocycles. The van der Waals surface area contributed by atoms with Crippen LogP contribution in [0.15, 0.2) is 89.7 Å². The number of hydrogen-bond acceptors (Lipinski definition) is 6. The van der Waals surface area contributed by atoms with E-state index in [0.29, 0.717) is 17.8 Å². The Balaban J connectivity index is 1.31. The highest BCUT2D eigenvalue weighted by Gasteiger charge is 2.30. The highest BCUT2D eigenvalue weighted by molar-refractivity contribution is 5.93. The number of hydrogen-bond donors (Lipinski definition) is 1. The zero-order chi connectivity index (χ0) is 35.5. The molecule has 2 aromatic carbocycles. The van der Waals surface area contributed by atoms with E-state index < -0.39 is 0 Å². The Hall–Kier alpha value is -4.00. The summed E-state index contributed by atoms with van der Waals surface area (Å²) < 4.78 is 0. The summed E-state index contributed by atoms with van der Waals surface area (Å²) in [5.41, 5.74) is 12.1. The average Bonchev–Trinajstić information content (AvgIpc) is 3.86. The molecule has 6 nitrogen and oxygen atoms in total. The van der Waals surface area contributed by atoms with Gasteiger partial charge in [-0.05, 0) is 119 Å². The Labute approximate surface area is 301 Å². The number of aliphatic imine (C=N–C) groups is 2. The fourth-order valence-electron chi connectivity index (χ4n) is 7.17. The van der Waals surface area contributed by atoms with Gasteiger partial charge in [-0.2, -0.15) is 0 Å². The summed E-state index contributed by atoms with van der Waals surface area (Å²) in [6, 6.07) is 15.1. The van der Waals surface area contributed by atoms with E-state index in [1.807, 2.05) is 18.5 Å². The molecule has 2 heterocycles. The van der Waals surface area contributed by atoms with Crippen LogP contribution in [0, 0.1) is 31.6 Å². The Bertz CT molecular complexity index is 1700. The standard InChI is InChI=1S/C44H58N6/c1-8-10-14-31(3)26-46-28-42-34(6)48-44(29-47-42)40-18-12-17-39(33(40)5)36-15-11-16-37(25-36)43(27-45-7)49-41(35-19-20-35)22-24-50-23-21-38(30-50)32(4)13-9-2/h8,11-12,15-18,25,27,29,31,35,38,46H,1,4,7,9-10,13-14,19-24,26,28,30H2,2-3,5-6H3/b43-27-,49-41?. The van der Waals surface area contributed by atoms with Crippen LogP contribution in [0.5, 0.6) is 0 Å². The molecule has 50 heavy (non-hydrogen) atoms. The van der Waals surface area contributed by atoms with Gasteiger partial charge in [0.25, 0.3) is 0 Å². The average molecular weight is 671 g/mol. The number of benzene rings is 2. The van der Waals surface area contributed by atoms with Crippen LogP contribution in [0.25, 0.3) is 28.1 Å². The van der Waals surface area contributed by atoms with Gasteiger partial charge in [-0.1, -0.05) is 74.9 Å². The molecule has 1 aliphatic carbocycles. The number of nitrogens with one attached hydrogen (secondary N) is 1. The zero-order valence-corrected chi connectivity index (χ0v) is 31.1. The predicted molar refractivity (Wildman–Crippen MR) is 214 cm³/mol. The lowest BCUT2D eigenvalue weighted by molar-refractivity contribution is 0.339. The molecule has 0 bridgehead atoms. The molecular weight excluding hydrogens is 613 g/mol. The Kier molecular flexibility index (Phi) is 13.6. The topological polar surface area (TPSA) is 65.8 Å². The van der Waals surface area contributed by atoms with E-state index >= 15 is 0 Å². The quantitative estimate of drug-likeness (QED) is 0.102. The molecule has 6 heteroatoms. The van der Waals surface area contributed by atoms with Crippen LogP contribution < -0.4 is 5.32 Å². The maximum Gasteiger partial charge on any atom is 0.0891 e. The van der Waals surface area contributed by atoms with Gasteiger partial charge in [0.1, 0.15) is 0 Å². The van der Waals surface area contributed by atoms with Crippen LogP contribution in [-0.4, -0.2) is 53.5 Å². The van der Waals surface area contributed by atoms with Crippen molar-refractivity contribution < 1.29 is 0 Å². The maximum absolute atomic E-state index is 5.30. The van der Waals surface area contributed by atoms with E-state index in [-0.39, 0.29) is 0 Å². The smallest absolute Gasteiger partial charge is 0.0891 e. The highest BCUT2D eigenvalue weighted by Crippen LogP contribution is 2.36. The van der Waals surface area contributed by atoms with Crippen molar-refractivity contribution in [2.45, 2.75) is 85.6 Å². The van der Waals surface area contributed by atoms with E-state index in [1.54, 1.807) is 0 Å². The number of likely N-dealkylation sites (tertiary alicyclic amines) is 1. The first-order valence-corrected chi connectivity index (χ1v) is 18.8.